The first-order chi connectivity index (χ1) is 18.3. The van der Waals surface area contributed by atoms with E-state index in [4.69, 9.17) is 9.15 Å². The Hall–Kier alpha value is -3.98. The van der Waals surface area contributed by atoms with Gasteiger partial charge in [0.1, 0.15) is 0 Å². The number of likely N-dealkylation sites (N-methyl/N-ethyl adjacent to an activating group) is 1. The van der Waals surface area contributed by atoms with E-state index in [0.29, 0.717) is 46.9 Å². The van der Waals surface area contributed by atoms with Gasteiger partial charge in [0, 0.05) is 36.1 Å². The highest BCUT2D eigenvalue weighted by Crippen LogP contribution is 2.27. The van der Waals surface area contributed by atoms with Gasteiger partial charge in [0.25, 0.3) is 5.91 Å². The first-order valence-corrected chi connectivity index (χ1v) is 12.6. The fourth-order valence-corrected chi connectivity index (χ4v) is 2.54. The number of methoxy groups -OCH3 is 1. The molecule has 0 saturated carbocycles. The number of pyridine rings is 1. The molecule has 0 aliphatic heterocycles. The van der Waals surface area contributed by atoms with Crippen LogP contribution in [-0.2, 0) is 9.53 Å². The number of oxazole rings is 1. The molecule has 1 aromatic carbocycles. The zero-order valence-electron chi connectivity index (χ0n) is 24.0. The number of rotatable bonds is 9. The molecule has 2 amide bonds. The van der Waals surface area contributed by atoms with E-state index in [9.17, 15) is 9.59 Å². The van der Waals surface area contributed by atoms with Crippen LogP contribution in [0.1, 0.15) is 51.4 Å². The van der Waals surface area contributed by atoms with E-state index in [1.807, 2.05) is 58.8 Å². The average Bonchev–Trinajstić information content (AvgIpc) is 3.38. The summed E-state index contributed by atoms with van der Waals surface area (Å²) in [7, 11) is 5.52. The van der Waals surface area contributed by atoms with Gasteiger partial charge in [0.15, 0.2) is 11.2 Å². The molecule has 38 heavy (non-hydrogen) atoms. The van der Waals surface area contributed by atoms with Gasteiger partial charge in [-0.1, -0.05) is 32.9 Å². The van der Waals surface area contributed by atoms with Gasteiger partial charge in [-0.3, -0.25) is 9.59 Å². The minimum absolute atomic E-state index is 0.239. The first kappa shape index (κ1) is 34.0. The number of hydrogen-bond donors (Lipinski definition) is 2. The third-order valence-electron chi connectivity index (χ3n) is 4.69. The second kappa shape index (κ2) is 20.1. The van der Waals surface area contributed by atoms with E-state index < -0.39 is 0 Å². The van der Waals surface area contributed by atoms with Gasteiger partial charge in [-0.15, -0.1) is 6.58 Å². The molecule has 0 unspecified atom stereocenters. The Morgan fingerprint density at radius 2 is 1.92 bits per heavy atom. The van der Waals surface area contributed by atoms with Gasteiger partial charge in [-0.05, 0) is 64.7 Å². The molecule has 0 fully saturated rings. The van der Waals surface area contributed by atoms with Crippen molar-refractivity contribution in [2.24, 2.45) is 0 Å². The summed E-state index contributed by atoms with van der Waals surface area (Å²) in [5.41, 5.74) is 2.49. The summed E-state index contributed by atoms with van der Waals surface area (Å²) in [6, 6.07) is 8.48. The molecule has 3 aromatic rings. The van der Waals surface area contributed by atoms with Crippen LogP contribution in [0.25, 0.3) is 22.7 Å². The van der Waals surface area contributed by atoms with E-state index in [2.05, 4.69) is 34.1 Å². The number of nitrogens with one attached hydrogen (secondary N) is 2. The van der Waals surface area contributed by atoms with E-state index >= 15 is 0 Å². The highest BCUT2D eigenvalue weighted by Gasteiger charge is 2.14. The molecule has 0 spiro atoms. The zero-order valence-corrected chi connectivity index (χ0v) is 24.0. The number of aromatic nitrogens is 2. The molecule has 0 aliphatic carbocycles. The number of carbonyl (C=O) groups is 2. The highest BCUT2D eigenvalue weighted by molar-refractivity contribution is 5.97. The van der Waals surface area contributed by atoms with Crippen LogP contribution in [0.5, 0.6) is 0 Å². The zero-order chi connectivity index (χ0) is 28.9. The molecule has 0 saturated heterocycles. The summed E-state index contributed by atoms with van der Waals surface area (Å²) in [6.45, 7) is 14.6. The van der Waals surface area contributed by atoms with Crippen LogP contribution in [-0.4, -0.2) is 61.5 Å². The largest absolute Gasteiger partial charge is 0.502 e. The Balaban J connectivity index is 0.000000964. The van der Waals surface area contributed by atoms with Crippen molar-refractivity contribution in [3.8, 4) is 11.5 Å². The number of amides is 2. The summed E-state index contributed by atoms with van der Waals surface area (Å²) in [4.78, 5) is 33.7. The summed E-state index contributed by atoms with van der Waals surface area (Å²) < 4.78 is 10.5. The minimum Gasteiger partial charge on any atom is -0.502 e. The molecular weight excluding hydrogens is 482 g/mol. The molecule has 208 valence electrons. The van der Waals surface area contributed by atoms with Crippen molar-refractivity contribution in [3.63, 3.8) is 0 Å². The molecular formula is C29H43N5O4. The lowest BCUT2D eigenvalue weighted by Crippen LogP contribution is -2.31. The fraction of sp³-hybridized carbons (Fsp3) is 0.379. The second-order valence-corrected chi connectivity index (χ2v) is 7.76. The molecule has 2 N–H and O–H groups in total. The van der Waals surface area contributed by atoms with Crippen molar-refractivity contribution >= 4 is 29.2 Å². The second-order valence-electron chi connectivity index (χ2n) is 7.76. The van der Waals surface area contributed by atoms with E-state index in [1.54, 1.807) is 43.6 Å². The number of ether oxygens (including phenoxy) is 1. The lowest BCUT2D eigenvalue weighted by atomic mass is 10.1. The number of anilines is 1. The monoisotopic (exact) mass is 525 g/mol. The van der Waals surface area contributed by atoms with Crippen molar-refractivity contribution in [1.29, 1.82) is 0 Å². The van der Waals surface area contributed by atoms with Crippen LogP contribution in [0.4, 0.5) is 5.69 Å². The number of hydrogen-bond acceptors (Lipinski definition) is 7. The standard InChI is InChI=1S/C18H19N5O3.C5H10O.C4H8.C2H6/c1-23(2)7-6-20-17(25)12-8-13(10-14(9-12)21-11-24)18-22-16-15(26-18)4-3-5-19-16;1-4-5(2)6-3;1-3-4-2;1-2/h3-5,8-11H,6-7H2,1-2H3,(H,20,25)(H,21,24);4H,1-3H3;3H,1,4H2,2H3;1-2H3/b;5-4+;;. The third kappa shape index (κ3) is 12.8. The average molecular weight is 526 g/mol. The molecule has 9 heteroatoms. The smallest absolute Gasteiger partial charge is 0.251 e. The van der Waals surface area contributed by atoms with Crippen LogP contribution in [0, 0.1) is 0 Å². The normalized spacial score (nSPS) is 10.1. The fourth-order valence-electron chi connectivity index (χ4n) is 2.54. The Kier molecular flexibility index (Phi) is 18.0. The number of fused-ring (bicyclic) bond motifs is 1. The molecule has 2 aromatic heterocycles. The molecule has 3 rings (SSSR count). The molecule has 9 nitrogen and oxygen atoms in total. The predicted molar refractivity (Wildman–Crippen MR) is 156 cm³/mol. The van der Waals surface area contributed by atoms with Gasteiger partial charge in [0.05, 0.1) is 12.9 Å². The maximum Gasteiger partial charge on any atom is 0.251 e. The quantitative estimate of drug-likeness (QED) is 0.203. The van der Waals surface area contributed by atoms with Gasteiger partial charge in [-0.25, -0.2) is 4.98 Å². The summed E-state index contributed by atoms with van der Waals surface area (Å²) in [5, 5.41) is 5.41. The Morgan fingerprint density at radius 1 is 1.24 bits per heavy atom. The van der Waals surface area contributed by atoms with E-state index in [1.165, 1.54) is 0 Å². The minimum atomic E-state index is -0.239. The number of nitrogens with zero attached hydrogens (tertiary/aromatic N) is 3. The summed E-state index contributed by atoms with van der Waals surface area (Å²) in [6.07, 6.45) is 7.06. The summed E-state index contributed by atoms with van der Waals surface area (Å²) >= 11 is 0. The lowest BCUT2D eigenvalue weighted by Gasteiger charge is -2.11. The third-order valence-corrected chi connectivity index (χ3v) is 4.69. The van der Waals surface area contributed by atoms with Gasteiger partial charge >= 0.3 is 0 Å². The van der Waals surface area contributed by atoms with Crippen LogP contribution in [0.2, 0.25) is 0 Å². The van der Waals surface area contributed by atoms with Crippen molar-refractivity contribution in [2.45, 2.75) is 41.0 Å². The SMILES string of the molecule is C/C=C(\C)OC.C=CCC.CC.CN(C)CCNC(=O)c1cc(NC=O)cc(-c2nc3ncccc3o2)c1. The van der Waals surface area contributed by atoms with Crippen LogP contribution in [0.15, 0.2) is 65.4 Å². The molecule has 0 atom stereocenters. The van der Waals surface area contributed by atoms with E-state index in [0.717, 1.165) is 18.7 Å². The Morgan fingerprint density at radius 3 is 2.42 bits per heavy atom. The maximum atomic E-state index is 12.4. The molecule has 0 aliphatic rings. The van der Waals surface area contributed by atoms with Gasteiger partial charge in [-0.2, -0.15) is 4.98 Å². The highest BCUT2D eigenvalue weighted by atomic mass is 16.5. The van der Waals surface area contributed by atoms with Crippen molar-refractivity contribution in [1.82, 2.24) is 20.2 Å². The van der Waals surface area contributed by atoms with Crippen molar-refractivity contribution in [2.75, 3.05) is 39.6 Å². The molecule has 0 bridgehead atoms. The summed E-state index contributed by atoms with van der Waals surface area (Å²) in [5.74, 6) is 1.06. The molecule has 2 heterocycles. The van der Waals surface area contributed by atoms with E-state index in [-0.39, 0.29) is 5.91 Å². The van der Waals surface area contributed by atoms with Crippen LogP contribution < -0.4 is 10.6 Å². The van der Waals surface area contributed by atoms with Gasteiger partial charge < -0.3 is 24.7 Å². The van der Waals surface area contributed by atoms with Crippen molar-refractivity contribution < 1.29 is 18.7 Å². The lowest BCUT2D eigenvalue weighted by molar-refractivity contribution is -0.105. The molecule has 0 radical (unpaired) electrons. The van der Waals surface area contributed by atoms with Crippen LogP contribution in [0.3, 0.4) is 0 Å². The maximum absolute atomic E-state index is 12.4. The van der Waals surface area contributed by atoms with Crippen molar-refractivity contribution in [3.05, 3.63) is 66.6 Å². The number of allylic oxidation sites excluding steroid dienone is 3. The van der Waals surface area contributed by atoms with Gasteiger partial charge in [0.2, 0.25) is 12.3 Å². The predicted octanol–water partition coefficient (Wildman–Crippen LogP) is 5.91. The Bertz CT molecular complexity index is 1110. The number of carbonyl (C=O) groups excluding carboxylic acids is 2. The first-order valence-electron chi connectivity index (χ1n) is 12.6. The topological polar surface area (TPSA) is 110 Å². The number of benzene rings is 1. The van der Waals surface area contributed by atoms with Crippen LogP contribution >= 0.6 is 0 Å². The Labute approximate surface area is 227 Å².